The molecule has 0 aromatic rings. The van der Waals surface area contributed by atoms with Gasteiger partial charge < -0.3 is 26.2 Å². The van der Waals surface area contributed by atoms with Crippen molar-refractivity contribution >= 4 is 42.2 Å². The Kier molecular flexibility index (Phi) is 115. The molecule has 0 saturated heterocycles. The Morgan fingerprint density at radius 2 is 1.33 bits per heavy atom. The van der Waals surface area contributed by atoms with Crippen LogP contribution in [0.1, 0.15) is 0 Å². The summed E-state index contributed by atoms with van der Waals surface area (Å²) in [6, 6.07) is 0. The van der Waals surface area contributed by atoms with Gasteiger partial charge in [0.15, 0.2) is 0 Å². The van der Waals surface area contributed by atoms with Crippen LogP contribution in [0.15, 0.2) is 0 Å². The summed E-state index contributed by atoms with van der Waals surface area (Å²) in [5.41, 5.74) is 0. The minimum atomic E-state index is -0.750. The normalized spacial score (nSPS) is 3.67. The Morgan fingerprint density at radius 1 is 1.33 bits per heavy atom. The molecule has 0 heterocycles. The van der Waals surface area contributed by atoms with Crippen LogP contribution in [0.3, 0.4) is 0 Å². The van der Waals surface area contributed by atoms with Gasteiger partial charge in [-0.15, -0.1) is 0 Å². The second-order valence-electron chi connectivity index (χ2n) is 0.0680. The molecule has 0 atom stereocenters. The van der Waals surface area contributed by atoms with Gasteiger partial charge in [0.1, 0.15) is 6.79 Å². The number of carbonyl (C=O) groups excluding carboxylic acids is 1. The van der Waals surface area contributed by atoms with E-state index in [2.05, 4.69) is 0 Å². The van der Waals surface area contributed by atoms with Gasteiger partial charge in [0.05, 0.1) is 0 Å². The van der Waals surface area contributed by atoms with Crippen molar-refractivity contribution in [3.8, 4) is 0 Å². The number of hydrogen-bond acceptors (Lipinski definition) is 4. The fourth-order valence-electron chi connectivity index (χ4n) is 0. The molecule has 0 N–H and O–H groups in total. The van der Waals surface area contributed by atoms with Crippen LogP contribution in [0, 0.1) is 0 Å². The molecule has 0 radical (unpaired) electrons. The van der Waals surface area contributed by atoms with Crippen LogP contribution in [0.25, 0.3) is 0 Å². The first-order chi connectivity index (χ1) is 2.41. The van der Waals surface area contributed by atoms with Crippen LogP contribution >= 0.6 is 12.3 Å². The Morgan fingerprint density at radius 3 is 1.33 bits per heavy atom. The second kappa shape index (κ2) is 43.4. The molecule has 0 fully saturated rings. The van der Waals surface area contributed by atoms with E-state index in [9.17, 15) is 0 Å². The summed E-state index contributed by atoms with van der Waals surface area (Å²) in [6.07, 6.45) is 0. The number of hydrogen-bond donors (Lipinski definition) is 0. The molecule has 0 aromatic carbocycles. The van der Waals surface area contributed by atoms with Crippen molar-refractivity contribution in [3.63, 3.8) is 0 Å². The predicted octanol–water partition coefficient (Wildman–Crippen LogP) is -0.585. The van der Waals surface area contributed by atoms with E-state index in [1.54, 1.807) is 0 Å². The minimum Gasteiger partial charge on any atom is -0.811 e. The van der Waals surface area contributed by atoms with E-state index >= 15 is 0 Å². The van der Waals surface area contributed by atoms with Crippen molar-refractivity contribution in [1.82, 2.24) is 0 Å². The third kappa shape index (κ3) is 130. The second-order valence-corrected chi connectivity index (χ2v) is 0.204. The molecule has 0 aliphatic heterocycles. The summed E-state index contributed by atoms with van der Waals surface area (Å²) < 4.78 is 16.6. The van der Waals surface area contributed by atoms with E-state index in [0.717, 1.165) is 0 Å². The Balaban J connectivity index is -0.0000000275. The molecular weight excluding hydrogens is 116 g/mol. The van der Waals surface area contributed by atoms with Gasteiger partial charge in [-0.25, -0.2) is 0 Å². The Labute approximate surface area is 56.3 Å². The smallest absolute Gasteiger partial charge is 0.811 e. The fourth-order valence-corrected chi connectivity index (χ4v) is 0. The molecule has 0 aliphatic rings. The van der Waals surface area contributed by atoms with Crippen molar-refractivity contribution in [2.24, 2.45) is 0 Å². The molecule has 0 aromatic heterocycles. The average molecular weight is 118 g/mol. The van der Waals surface area contributed by atoms with Crippen molar-refractivity contribution in [2.75, 3.05) is 0 Å². The van der Waals surface area contributed by atoms with Gasteiger partial charge in [-0.1, -0.05) is 0 Å². The zero-order valence-electron chi connectivity index (χ0n) is 3.05. The molecule has 0 rings (SSSR count). The molecule has 0 aliphatic carbocycles. The van der Waals surface area contributed by atoms with Gasteiger partial charge in [-0.2, -0.15) is 0 Å². The van der Waals surface area contributed by atoms with Crippen molar-refractivity contribution < 1.29 is 13.9 Å². The van der Waals surface area contributed by atoms with Crippen molar-refractivity contribution in [1.29, 1.82) is 0 Å². The Hall–Kier alpha value is 0.706. The van der Waals surface area contributed by atoms with Crippen LogP contribution < -0.4 is 0 Å². The topological polar surface area (TPSA) is 63.2 Å². The zero-order chi connectivity index (χ0) is 4.71. The summed E-state index contributed by atoms with van der Waals surface area (Å²) in [4.78, 5) is 8.00. The quantitative estimate of drug-likeness (QED) is 0.315. The van der Waals surface area contributed by atoms with Gasteiger partial charge >= 0.3 is 23.1 Å². The minimum absolute atomic E-state index is 0. The number of rotatable bonds is 0. The van der Waals surface area contributed by atoms with E-state index in [4.69, 9.17) is 13.9 Å². The van der Waals surface area contributed by atoms with Crippen LogP contribution in [0.2, 0.25) is 0 Å². The number of carbonyl (C=O) groups is 1. The SMILES string of the molecule is C=O.[Mg+2].[O-]S[O-]. The zero-order valence-corrected chi connectivity index (χ0v) is 5.28. The monoisotopic (exact) mass is 118 g/mol. The molecule has 0 bridgehead atoms. The van der Waals surface area contributed by atoms with E-state index in [-0.39, 0.29) is 23.1 Å². The first-order valence-corrected chi connectivity index (χ1v) is 1.29. The van der Waals surface area contributed by atoms with Crippen LogP contribution in [-0.4, -0.2) is 38.9 Å². The predicted molar refractivity (Wildman–Crippen MR) is 22.0 cm³/mol. The van der Waals surface area contributed by atoms with E-state index in [1.807, 2.05) is 6.79 Å². The summed E-state index contributed by atoms with van der Waals surface area (Å²) in [6.45, 7) is 2.00. The van der Waals surface area contributed by atoms with Gasteiger partial charge in [-0.05, 0) is 0 Å². The third-order valence-electron chi connectivity index (χ3n) is 0. The van der Waals surface area contributed by atoms with Crippen LogP contribution in [0.4, 0.5) is 0 Å². The van der Waals surface area contributed by atoms with Gasteiger partial charge in [0, 0.05) is 0 Å². The van der Waals surface area contributed by atoms with Crippen molar-refractivity contribution in [3.05, 3.63) is 0 Å². The summed E-state index contributed by atoms with van der Waals surface area (Å²) in [5, 5.41) is 0. The molecule has 3 nitrogen and oxygen atoms in total. The van der Waals surface area contributed by atoms with E-state index < -0.39 is 12.3 Å². The summed E-state index contributed by atoms with van der Waals surface area (Å²) in [7, 11) is 0. The molecule has 0 saturated carbocycles. The Bertz CT molecular complexity index is 14.8. The maximum atomic E-state index is 8.29. The maximum absolute atomic E-state index is 8.29. The molecule has 32 valence electrons. The molecule has 0 amide bonds. The largest absolute Gasteiger partial charge is 2.00 e. The van der Waals surface area contributed by atoms with Crippen molar-refractivity contribution in [2.45, 2.75) is 0 Å². The van der Waals surface area contributed by atoms with E-state index in [0.29, 0.717) is 0 Å². The first-order valence-electron chi connectivity index (χ1n) is 0.622. The molecule has 6 heavy (non-hydrogen) atoms. The molecular formula is CH2MgO3S. The molecule has 0 spiro atoms. The van der Waals surface area contributed by atoms with Crippen LogP contribution in [0.5, 0.6) is 0 Å². The van der Waals surface area contributed by atoms with Gasteiger partial charge in [0.2, 0.25) is 0 Å². The summed E-state index contributed by atoms with van der Waals surface area (Å²) >= 11 is -0.750. The summed E-state index contributed by atoms with van der Waals surface area (Å²) in [5.74, 6) is 0. The van der Waals surface area contributed by atoms with Crippen LogP contribution in [-0.2, 0) is 4.79 Å². The first kappa shape index (κ1) is 15.9. The van der Waals surface area contributed by atoms with Gasteiger partial charge in [-0.3, -0.25) is 0 Å². The maximum Gasteiger partial charge on any atom is 2.00 e. The molecule has 0 unspecified atom stereocenters. The average Bonchev–Trinajstić information content (AvgIpc) is 1.46. The van der Waals surface area contributed by atoms with Gasteiger partial charge in [0.25, 0.3) is 0 Å². The fraction of sp³-hybridized carbons (Fsp3) is 0. The third-order valence-corrected chi connectivity index (χ3v) is 0. The standard InChI is InChI=1S/CH2O.Mg.H2O2S/c1-2;;1-3-2/h1H2;;1-2H/q;+2;/p-2. The molecule has 5 heteroatoms. The van der Waals surface area contributed by atoms with E-state index in [1.165, 1.54) is 0 Å².